The molecule has 0 bridgehead atoms. The van der Waals surface area contributed by atoms with Gasteiger partial charge < -0.3 is 10.1 Å². The topological polar surface area (TPSA) is 71.0 Å². The zero-order chi connectivity index (χ0) is 16.6. The van der Waals surface area contributed by atoms with Gasteiger partial charge in [0.2, 0.25) is 11.8 Å². The Balaban J connectivity index is 2.05. The van der Waals surface area contributed by atoms with Gasteiger partial charge in [-0.25, -0.2) is 5.01 Å². The summed E-state index contributed by atoms with van der Waals surface area (Å²) in [7, 11) is 1.64. The Hall–Kier alpha value is -2.02. The van der Waals surface area contributed by atoms with E-state index in [0.717, 1.165) is 36.1 Å². The SMILES string of the molecule is COc1ccc2c(c1)CCC[C@]21SC(NC(C)=O)=NN1C(C)=O. The van der Waals surface area contributed by atoms with Crippen molar-refractivity contribution < 1.29 is 14.3 Å². The number of hydrogen-bond acceptors (Lipinski definition) is 5. The lowest BCUT2D eigenvalue weighted by atomic mass is 9.86. The van der Waals surface area contributed by atoms with Crippen LogP contribution in [-0.2, 0) is 20.9 Å². The number of benzene rings is 1. The van der Waals surface area contributed by atoms with Crippen LogP contribution in [0.1, 0.15) is 37.8 Å². The van der Waals surface area contributed by atoms with Gasteiger partial charge in [0.1, 0.15) is 10.6 Å². The third-order valence-electron chi connectivity index (χ3n) is 4.07. The van der Waals surface area contributed by atoms with Crippen LogP contribution in [0.5, 0.6) is 5.75 Å². The molecule has 1 aromatic carbocycles. The molecule has 1 aliphatic heterocycles. The van der Waals surface area contributed by atoms with Crippen molar-refractivity contribution in [2.45, 2.75) is 38.0 Å². The summed E-state index contributed by atoms with van der Waals surface area (Å²) in [5.41, 5.74) is 2.22. The van der Waals surface area contributed by atoms with Gasteiger partial charge in [0.05, 0.1) is 7.11 Å². The molecule has 23 heavy (non-hydrogen) atoms. The number of rotatable bonds is 1. The number of fused-ring (bicyclic) bond motifs is 2. The highest BCUT2D eigenvalue weighted by atomic mass is 32.2. The number of nitrogens with zero attached hydrogens (tertiary/aromatic N) is 2. The largest absolute Gasteiger partial charge is 0.497 e. The molecule has 7 heteroatoms. The normalized spacial score (nSPS) is 22.6. The minimum absolute atomic E-state index is 0.137. The fourth-order valence-electron chi connectivity index (χ4n) is 3.19. The van der Waals surface area contributed by atoms with E-state index in [2.05, 4.69) is 10.4 Å². The van der Waals surface area contributed by atoms with Crippen molar-refractivity contribution in [3.05, 3.63) is 29.3 Å². The van der Waals surface area contributed by atoms with E-state index >= 15 is 0 Å². The third-order valence-corrected chi connectivity index (χ3v) is 5.39. The quantitative estimate of drug-likeness (QED) is 0.855. The summed E-state index contributed by atoms with van der Waals surface area (Å²) in [6.07, 6.45) is 2.68. The lowest BCUT2D eigenvalue weighted by Crippen LogP contribution is -2.42. The molecule has 1 heterocycles. The number of hydrogen-bond donors (Lipinski definition) is 1. The van der Waals surface area contributed by atoms with Gasteiger partial charge in [0, 0.05) is 13.8 Å². The predicted molar refractivity (Wildman–Crippen MR) is 89.0 cm³/mol. The second kappa shape index (κ2) is 5.88. The van der Waals surface area contributed by atoms with Gasteiger partial charge in [-0.2, -0.15) is 0 Å². The average Bonchev–Trinajstić information content (AvgIpc) is 2.85. The zero-order valence-corrected chi connectivity index (χ0v) is 14.2. The number of nitrogens with one attached hydrogen (secondary N) is 1. The number of carbonyl (C=O) groups is 2. The Bertz CT molecular complexity index is 704. The standard InChI is InChI=1S/C16H19N3O3S/c1-10(20)17-15-18-19(11(2)21)16(23-15)8-4-5-12-9-13(22-3)6-7-14(12)16/h6-7,9H,4-5,8H2,1-3H3,(H,17,18,20)/t16-/m0/s1. The minimum atomic E-state index is -0.580. The van der Waals surface area contributed by atoms with Crippen LogP contribution in [0.2, 0.25) is 0 Å². The van der Waals surface area contributed by atoms with Gasteiger partial charge in [-0.15, -0.1) is 5.10 Å². The van der Waals surface area contributed by atoms with E-state index in [1.807, 2.05) is 18.2 Å². The molecule has 0 radical (unpaired) electrons. The highest BCUT2D eigenvalue weighted by Gasteiger charge is 2.49. The first-order chi connectivity index (χ1) is 11.0. The molecule has 0 fully saturated rings. The van der Waals surface area contributed by atoms with Gasteiger partial charge in [0.25, 0.3) is 0 Å². The van der Waals surface area contributed by atoms with E-state index in [-0.39, 0.29) is 11.8 Å². The second-order valence-corrected chi connectivity index (χ2v) is 6.95. The van der Waals surface area contributed by atoms with Crippen molar-refractivity contribution in [1.29, 1.82) is 0 Å². The molecule has 3 rings (SSSR count). The molecule has 6 nitrogen and oxygen atoms in total. The van der Waals surface area contributed by atoms with E-state index in [0.29, 0.717) is 5.17 Å². The Kier molecular flexibility index (Phi) is 4.06. The highest BCUT2D eigenvalue weighted by molar-refractivity contribution is 8.14. The number of amides is 2. The summed E-state index contributed by atoms with van der Waals surface area (Å²) >= 11 is 1.44. The molecular weight excluding hydrogens is 314 g/mol. The monoisotopic (exact) mass is 333 g/mol. The molecule has 0 saturated heterocycles. The Labute approximate surface area is 139 Å². The van der Waals surface area contributed by atoms with E-state index < -0.39 is 4.87 Å². The van der Waals surface area contributed by atoms with Crippen LogP contribution >= 0.6 is 11.8 Å². The van der Waals surface area contributed by atoms with Crippen LogP contribution in [-0.4, -0.2) is 29.1 Å². The predicted octanol–water partition coefficient (Wildman–Crippen LogP) is 2.19. The van der Waals surface area contributed by atoms with E-state index in [1.165, 1.54) is 30.6 Å². The third kappa shape index (κ3) is 2.69. The number of amidine groups is 1. The molecule has 1 spiro atoms. The maximum Gasteiger partial charge on any atom is 0.241 e. The number of ether oxygens (including phenoxy) is 1. The minimum Gasteiger partial charge on any atom is -0.497 e. The zero-order valence-electron chi connectivity index (χ0n) is 13.4. The Morgan fingerprint density at radius 3 is 2.83 bits per heavy atom. The smallest absolute Gasteiger partial charge is 0.241 e. The summed E-state index contributed by atoms with van der Waals surface area (Å²) in [6.45, 7) is 2.94. The summed E-state index contributed by atoms with van der Waals surface area (Å²) in [5, 5.41) is 9.03. The van der Waals surface area contributed by atoms with E-state index in [9.17, 15) is 9.59 Å². The molecule has 0 unspecified atom stereocenters. The first-order valence-corrected chi connectivity index (χ1v) is 8.31. The lowest BCUT2D eigenvalue weighted by molar-refractivity contribution is -0.132. The van der Waals surface area contributed by atoms with Gasteiger partial charge >= 0.3 is 0 Å². The van der Waals surface area contributed by atoms with Crippen LogP contribution in [0.4, 0.5) is 0 Å². The van der Waals surface area contributed by atoms with Crippen LogP contribution in [0.3, 0.4) is 0 Å². The summed E-state index contributed by atoms with van der Waals surface area (Å²) in [5.74, 6) is 0.477. The van der Waals surface area contributed by atoms with Gasteiger partial charge in [-0.3, -0.25) is 9.59 Å². The first-order valence-electron chi connectivity index (χ1n) is 7.49. The number of aryl methyl sites for hydroxylation is 1. The molecule has 1 N–H and O–H groups in total. The summed E-state index contributed by atoms with van der Waals surface area (Å²) < 4.78 is 5.31. The average molecular weight is 333 g/mol. The maximum absolute atomic E-state index is 12.2. The van der Waals surface area contributed by atoms with Crippen molar-refractivity contribution in [1.82, 2.24) is 10.3 Å². The van der Waals surface area contributed by atoms with Crippen LogP contribution in [0.15, 0.2) is 23.3 Å². The first kappa shape index (κ1) is 15.9. The van der Waals surface area contributed by atoms with E-state index in [1.54, 1.807) is 7.11 Å². The van der Waals surface area contributed by atoms with Crippen molar-refractivity contribution in [2.24, 2.45) is 5.10 Å². The molecule has 1 atom stereocenters. The number of hydrazone groups is 1. The van der Waals surface area contributed by atoms with E-state index in [4.69, 9.17) is 4.74 Å². The Morgan fingerprint density at radius 1 is 1.39 bits per heavy atom. The molecule has 0 aromatic heterocycles. The van der Waals surface area contributed by atoms with Crippen molar-refractivity contribution in [3.8, 4) is 5.75 Å². The van der Waals surface area contributed by atoms with Gasteiger partial charge in [0.15, 0.2) is 5.17 Å². The molecule has 122 valence electrons. The Morgan fingerprint density at radius 2 is 2.17 bits per heavy atom. The lowest BCUT2D eigenvalue weighted by Gasteiger charge is -2.39. The second-order valence-electron chi connectivity index (χ2n) is 5.68. The number of methoxy groups -OCH3 is 1. The highest BCUT2D eigenvalue weighted by Crippen LogP contribution is 2.52. The summed E-state index contributed by atoms with van der Waals surface area (Å²) in [6, 6.07) is 5.93. The molecule has 1 aliphatic carbocycles. The van der Waals surface area contributed by atoms with Gasteiger partial charge in [-0.05, 0) is 42.5 Å². The fraction of sp³-hybridized carbons (Fsp3) is 0.438. The molecule has 1 aromatic rings. The van der Waals surface area contributed by atoms with Gasteiger partial charge in [-0.1, -0.05) is 17.8 Å². The van der Waals surface area contributed by atoms with Crippen LogP contribution < -0.4 is 10.1 Å². The van der Waals surface area contributed by atoms with Crippen molar-refractivity contribution in [2.75, 3.05) is 7.11 Å². The fourth-order valence-corrected chi connectivity index (χ4v) is 4.63. The van der Waals surface area contributed by atoms with Crippen LogP contribution in [0.25, 0.3) is 0 Å². The molecular formula is C16H19N3O3S. The van der Waals surface area contributed by atoms with Crippen molar-refractivity contribution in [3.63, 3.8) is 0 Å². The van der Waals surface area contributed by atoms with Crippen LogP contribution in [0, 0.1) is 0 Å². The van der Waals surface area contributed by atoms with Crippen molar-refractivity contribution >= 4 is 28.7 Å². The number of thioether (sulfide) groups is 1. The molecule has 2 amide bonds. The molecule has 0 saturated carbocycles. The molecule has 2 aliphatic rings. The number of carbonyl (C=O) groups excluding carboxylic acids is 2. The summed E-state index contributed by atoms with van der Waals surface area (Å²) in [4.78, 5) is 22.9. The maximum atomic E-state index is 12.2.